The van der Waals surface area contributed by atoms with E-state index in [1.54, 1.807) is 0 Å². The second-order valence-electron chi connectivity index (χ2n) is 3.03. The van der Waals surface area contributed by atoms with Crippen molar-refractivity contribution in [3.8, 4) is 0 Å². The van der Waals surface area contributed by atoms with Gasteiger partial charge in [-0.05, 0) is 24.3 Å². The number of nitrogens with zero attached hydrogens (tertiary/aromatic N) is 1. The molecular weight excluding hydrogens is 217 g/mol. The number of likely N-dealkylation sites (N-methyl/N-ethyl adjacent to an activating group) is 1. The molecule has 1 rings (SSSR count). The van der Waals surface area contributed by atoms with Gasteiger partial charge in [-0.15, -0.1) is 6.58 Å². The molecule has 0 saturated heterocycles. The van der Waals surface area contributed by atoms with Gasteiger partial charge < -0.3 is 0 Å². The number of sulfonamides is 1. The van der Waals surface area contributed by atoms with Crippen LogP contribution in [0, 0.1) is 5.82 Å². The molecule has 0 heterocycles. The monoisotopic (exact) mass is 229 g/mol. The van der Waals surface area contributed by atoms with E-state index in [1.807, 2.05) is 0 Å². The van der Waals surface area contributed by atoms with Crippen LogP contribution < -0.4 is 0 Å². The first-order chi connectivity index (χ1) is 6.98. The zero-order valence-corrected chi connectivity index (χ0v) is 9.17. The normalized spacial score (nSPS) is 11.7. The van der Waals surface area contributed by atoms with E-state index in [0.717, 1.165) is 16.4 Å². The summed E-state index contributed by atoms with van der Waals surface area (Å²) in [5.74, 6) is -0.458. The molecule has 0 N–H and O–H groups in total. The number of hydrogen-bond acceptors (Lipinski definition) is 2. The summed E-state index contributed by atoms with van der Waals surface area (Å²) < 4.78 is 37.3. The van der Waals surface area contributed by atoms with Gasteiger partial charge in [-0.25, -0.2) is 12.8 Å². The summed E-state index contributed by atoms with van der Waals surface area (Å²) in [4.78, 5) is 0.0771. The summed E-state index contributed by atoms with van der Waals surface area (Å²) in [6, 6.07) is 4.72. The van der Waals surface area contributed by atoms with Gasteiger partial charge >= 0.3 is 0 Å². The molecule has 82 valence electrons. The van der Waals surface area contributed by atoms with Gasteiger partial charge in [0.2, 0.25) is 10.0 Å². The molecule has 0 atom stereocenters. The summed E-state index contributed by atoms with van der Waals surface area (Å²) in [5.41, 5.74) is 0. The largest absolute Gasteiger partial charge is 0.243 e. The summed E-state index contributed by atoms with van der Waals surface area (Å²) in [6.07, 6.45) is 1.49. The average molecular weight is 229 g/mol. The fourth-order valence-electron chi connectivity index (χ4n) is 1.07. The first kappa shape index (κ1) is 11.9. The molecule has 1 aromatic carbocycles. The van der Waals surface area contributed by atoms with E-state index in [0.29, 0.717) is 0 Å². The Labute approximate surface area is 88.9 Å². The predicted octanol–water partition coefficient (Wildman–Crippen LogP) is 1.63. The van der Waals surface area contributed by atoms with Crippen LogP contribution in [-0.2, 0) is 10.0 Å². The Hall–Kier alpha value is -1.20. The van der Waals surface area contributed by atoms with Crippen molar-refractivity contribution in [1.82, 2.24) is 4.31 Å². The Bertz CT molecular complexity index is 439. The zero-order valence-electron chi connectivity index (χ0n) is 8.35. The van der Waals surface area contributed by atoms with E-state index in [-0.39, 0.29) is 11.4 Å². The van der Waals surface area contributed by atoms with Gasteiger partial charge in [-0.3, -0.25) is 0 Å². The molecule has 0 unspecified atom stereocenters. The van der Waals surface area contributed by atoms with Crippen LogP contribution in [-0.4, -0.2) is 26.3 Å². The van der Waals surface area contributed by atoms with Gasteiger partial charge in [-0.1, -0.05) is 6.08 Å². The topological polar surface area (TPSA) is 37.4 Å². The van der Waals surface area contributed by atoms with Crippen molar-refractivity contribution in [3.05, 3.63) is 42.7 Å². The molecule has 0 aliphatic carbocycles. The molecule has 1 aromatic rings. The molecule has 3 nitrogen and oxygen atoms in total. The van der Waals surface area contributed by atoms with Gasteiger partial charge in [-0.2, -0.15) is 4.31 Å². The minimum absolute atomic E-state index is 0.0771. The summed E-state index contributed by atoms with van der Waals surface area (Å²) in [5, 5.41) is 0. The molecule has 0 spiro atoms. The third-order valence-corrected chi connectivity index (χ3v) is 3.75. The maximum atomic E-state index is 12.6. The summed E-state index contributed by atoms with van der Waals surface area (Å²) in [6.45, 7) is 3.68. The van der Waals surface area contributed by atoms with Crippen molar-refractivity contribution < 1.29 is 12.8 Å². The number of rotatable bonds is 4. The molecule has 5 heteroatoms. The minimum atomic E-state index is -3.52. The second-order valence-corrected chi connectivity index (χ2v) is 5.07. The first-order valence-electron chi connectivity index (χ1n) is 4.31. The van der Waals surface area contributed by atoms with Crippen molar-refractivity contribution in [3.63, 3.8) is 0 Å². The van der Waals surface area contributed by atoms with Crippen molar-refractivity contribution in [2.24, 2.45) is 0 Å². The Morgan fingerprint density at radius 1 is 1.40 bits per heavy atom. The highest BCUT2D eigenvalue weighted by Gasteiger charge is 2.18. The lowest BCUT2D eigenvalue weighted by Crippen LogP contribution is -2.26. The fourth-order valence-corrected chi connectivity index (χ4v) is 2.21. The van der Waals surface area contributed by atoms with Crippen molar-refractivity contribution in [2.45, 2.75) is 4.90 Å². The van der Waals surface area contributed by atoms with Gasteiger partial charge in [0.25, 0.3) is 0 Å². The van der Waals surface area contributed by atoms with Gasteiger partial charge in [0.15, 0.2) is 0 Å². The lowest BCUT2D eigenvalue weighted by atomic mass is 10.4. The van der Waals surface area contributed by atoms with E-state index in [2.05, 4.69) is 6.58 Å². The molecule has 0 amide bonds. The Kier molecular flexibility index (Phi) is 3.60. The summed E-state index contributed by atoms with van der Waals surface area (Å²) >= 11 is 0. The van der Waals surface area contributed by atoms with Crippen LogP contribution >= 0.6 is 0 Å². The fraction of sp³-hybridized carbons (Fsp3) is 0.200. The van der Waals surface area contributed by atoms with E-state index in [9.17, 15) is 12.8 Å². The average Bonchev–Trinajstić information content (AvgIpc) is 2.18. The quantitative estimate of drug-likeness (QED) is 0.736. The SMILES string of the molecule is C=CCN(C)S(=O)(=O)c1ccc(F)cc1. The van der Waals surface area contributed by atoms with Gasteiger partial charge in [0, 0.05) is 13.6 Å². The lowest BCUT2D eigenvalue weighted by Gasteiger charge is -2.14. The minimum Gasteiger partial charge on any atom is -0.207 e. The number of benzene rings is 1. The highest BCUT2D eigenvalue weighted by Crippen LogP contribution is 2.14. The van der Waals surface area contributed by atoms with Crippen LogP contribution in [0.1, 0.15) is 0 Å². The van der Waals surface area contributed by atoms with Gasteiger partial charge in [0.1, 0.15) is 5.82 Å². The molecule has 0 radical (unpaired) electrons. The van der Waals surface area contributed by atoms with Crippen LogP contribution in [0.5, 0.6) is 0 Å². The van der Waals surface area contributed by atoms with E-state index in [4.69, 9.17) is 0 Å². The second kappa shape index (κ2) is 4.55. The Morgan fingerprint density at radius 3 is 2.40 bits per heavy atom. The third-order valence-electron chi connectivity index (χ3n) is 1.91. The predicted molar refractivity (Wildman–Crippen MR) is 56.4 cm³/mol. The lowest BCUT2D eigenvalue weighted by molar-refractivity contribution is 0.499. The van der Waals surface area contributed by atoms with Crippen molar-refractivity contribution in [2.75, 3.05) is 13.6 Å². The zero-order chi connectivity index (χ0) is 11.5. The van der Waals surface area contributed by atoms with Crippen molar-refractivity contribution in [1.29, 1.82) is 0 Å². The van der Waals surface area contributed by atoms with Gasteiger partial charge in [0.05, 0.1) is 4.90 Å². The molecule has 0 bridgehead atoms. The summed E-state index contributed by atoms with van der Waals surface area (Å²) in [7, 11) is -2.08. The highest BCUT2D eigenvalue weighted by molar-refractivity contribution is 7.89. The molecule has 0 saturated carbocycles. The number of hydrogen-bond donors (Lipinski definition) is 0. The molecular formula is C10H12FNO2S. The molecule has 0 aromatic heterocycles. The molecule has 0 aliphatic heterocycles. The molecule has 0 aliphatic rings. The van der Waals surface area contributed by atoms with Crippen LogP contribution in [0.3, 0.4) is 0 Å². The third kappa shape index (κ3) is 2.64. The highest BCUT2D eigenvalue weighted by atomic mass is 32.2. The van der Waals surface area contributed by atoms with Crippen LogP contribution in [0.15, 0.2) is 41.8 Å². The van der Waals surface area contributed by atoms with Crippen LogP contribution in [0.25, 0.3) is 0 Å². The first-order valence-corrected chi connectivity index (χ1v) is 5.75. The maximum Gasteiger partial charge on any atom is 0.243 e. The van der Waals surface area contributed by atoms with Crippen LogP contribution in [0.4, 0.5) is 4.39 Å². The Balaban J connectivity index is 3.06. The number of halogens is 1. The smallest absolute Gasteiger partial charge is 0.207 e. The van der Waals surface area contributed by atoms with Crippen molar-refractivity contribution >= 4 is 10.0 Å². The Morgan fingerprint density at radius 2 is 1.93 bits per heavy atom. The van der Waals surface area contributed by atoms with Crippen LogP contribution in [0.2, 0.25) is 0 Å². The molecule has 0 fully saturated rings. The van der Waals surface area contributed by atoms with E-state index < -0.39 is 15.8 Å². The standard InChI is InChI=1S/C10H12FNO2S/c1-3-8-12(2)15(13,14)10-6-4-9(11)5-7-10/h3-7H,1,8H2,2H3. The van der Waals surface area contributed by atoms with E-state index >= 15 is 0 Å². The molecule has 15 heavy (non-hydrogen) atoms. The maximum absolute atomic E-state index is 12.6. The van der Waals surface area contributed by atoms with E-state index in [1.165, 1.54) is 25.3 Å².